The van der Waals surface area contributed by atoms with Crippen molar-refractivity contribution in [3.05, 3.63) is 47.0 Å². The molecule has 0 fully saturated rings. The van der Waals surface area contributed by atoms with E-state index in [-0.39, 0.29) is 6.42 Å². The van der Waals surface area contributed by atoms with Gasteiger partial charge in [0, 0.05) is 17.5 Å². The number of esters is 1. The van der Waals surface area contributed by atoms with Gasteiger partial charge in [0.25, 0.3) is 5.91 Å². The molecule has 2 rings (SSSR count). The van der Waals surface area contributed by atoms with E-state index in [2.05, 4.69) is 5.32 Å². The second-order valence-corrected chi connectivity index (χ2v) is 6.75. The lowest BCUT2D eigenvalue weighted by Crippen LogP contribution is -2.21. The van der Waals surface area contributed by atoms with Crippen LogP contribution in [0, 0.1) is 6.92 Å². The van der Waals surface area contributed by atoms with Crippen molar-refractivity contribution >= 4 is 29.2 Å². The zero-order valence-corrected chi connectivity index (χ0v) is 18.1. The molecule has 8 heteroatoms. The Bertz CT molecular complexity index is 871. The molecule has 1 N–H and O–H groups in total. The van der Waals surface area contributed by atoms with E-state index in [1.165, 1.54) is 7.11 Å². The third-order valence-electron chi connectivity index (χ3n) is 4.05. The van der Waals surface area contributed by atoms with Crippen molar-refractivity contribution in [1.82, 2.24) is 0 Å². The molecule has 1 amide bonds. The van der Waals surface area contributed by atoms with Crippen LogP contribution in [0.2, 0.25) is 5.02 Å². The van der Waals surface area contributed by atoms with Crippen molar-refractivity contribution in [2.75, 3.05) is 32.2 Å². The largest absolute Gasteiger partial charge is 0.495 e. The number of ether oxygens (including phenoxy) is 4. The summed E-state index contributed by atoms with van der Waals surface area (Å²) < 4.78 is 21.4. The van der Waals surface area contributed by atoms with Crippen molar-refractivity contribution in [1.29, 1.82) is 0 Å². The zero-order valence-electron chi connectivity index (χ0n) is 17.3. The summed E-state index contributed by atoms with van der Waals surface area (Å²) in [6, 6.07) is 10.6. The minimum atomic E-state index is -0.480. The van der Waals surface area contributed by atoms with Crippen molar-refractivity contribution in [2.24, 2.45) is 0 Å². The van der Waals surface area contributed by atoms with E-state index in [9.17, 15) is 9.59 Å². The first-order valence-corrected chi connectivity index (χ1v) is 9.96. The number of para-hydroxylation sites is 2. The van der Waals surface area contributed by atoms with Crippen LogP contribution in [0.1, 0.15) is 25.3 Å². The Morgan fingerprint density at radius 1 is 1.07 bits per heavy atom. The van der Waals surface area contributed by atoms with Crippen molar-refractivity contribution in [3.63, 3.8) is 0 Å². The van der Waals surface area contributed by atoms with Crippen LogP contribution in [-0.2, 0) is 14.3 Å². The van der Waals surface area contributed by atoms with Crippen molar-refractivity contribution < 1.29 is 28.5 Å². The minimum absolute atomic E-state index is 0.132. The van der Waals surface area contributed by atoms with Crippen molar-refractivity contribution in [2.45, 2.75) is 26.7 Å². The molecule has 0 heterocycles. The maximum atomic E-state index is 12.1. The Hall–Kier alpha value is -2.93. The van der Waals surface area contributed by atoms with Crippen LogP contribution in [0.3, 0.4) is 0 Å². The Labute approximate surface area is 181 Å². The number of hydrogen-bond donors (Lipinski definition) is 1. The summed E-state index contributed by atoms with van der Waals surface area (Å²) >= 11 is 6.05. The van der Waals surface area contributed by atoms with E-state index in [0.717, 1.165) is 5.56 Å². The summed E-state index contributed by atoms with van der Waals surface area (Å²) in [5, 5.41) is 3.18. The van der Waals surface area contributed by atoms with E-state index in [0.29, 0.717) is 47.6 Å². The summed E-state index contributed by atoms with van der Waals surface area (Å²) in [6.45, 7) is 4.18. The standard InChI is InChI=1S/C22H26ClNO6/c1-4-28-18-8-5-6-9-19(18)29-11-7-10-22(26)30-14-21(25)24-17-12-15(2)16(23)13-20(17)27-3/h5-6,8-9,12-13H,4,7,10-11,14H2,1-3H3,(H,24,25). The van der Waals surface area contributed by atoms with E-state index >= 15 is 0 Å². The number of carbonyl (C=O) groups excluding carboxylic acids is 2. The van der Waals surface area contributed by atoms with Gasteiger partial charge in [0.15, 0.2) is 18.1 Å². The molecule has 0 aliphatic rings. The number of methoxy groups -OCH3 is 1. The highest BCUT2D eigenvalue weighted by atomic mass is 35.5. The van der Waals surface area contributed by atoms with Gasteiger partial charge in [-0.3, -0.25) is 9.59 Å². The summed E-state index contributed by atoms with van der Waals surface area (Å²) in [5.41, 5.74) is 1.25. The maximum Gasteiger partial charge on any atom is 0.306 e. The maximum absolute atomic E-state index is 12.1. The van der Waals surface area contributed by atoms with E-state index < -0.39 is 18.5 Å². The number of benzene rings is 2. The van der Waals surface area contributed by atoms with Gasteiger partial charge in [-0.05, 0) is 44.0 Å². The molecule has 2 aromatic carbocycles. The van der Waals surface area contributed by atoms with Gasteiger partial charge in [-0.25, -0.2) is 0 Å². The second kappa shape index (κ2) is 11.9. The third kappa shape index (κ3) is 7.15. The molecular formula is C22H26ClNO6. The molecule has 7 nitrogen and oxygen atoms in total. The number of rotatable bonds is 11. The lowest BCUT2D eigenvalue weighted by atomic mass is 10.2. The monoisotopic (exact) mass is 435 g/mol. The Morgan fingerprint density at radius 3 is 2.43 bits per heavy atom. The van der Waals surface area contributed by atoms with Gasteiger partial charge in [0.1, 0.15) is 5.75 Å². The number of aryl methyl sites for hydroxylation is 1. The summed E-state index contributed by atoms with van der Waals surface area (Å²) in [6.07, 6.45) is 0.582. The molecule has 2 aromatic rings. The number of amides is 1. The summed E-state index contributed by atoms with van der Waals surface area (Å²) in [7, 11) is 1.48. The number of hydrogen-bond acceptors (Lipinski definition) is 6. The molecule has 0 atom stereocenters. The molecule has 0 saturated heterocycles. The average molecular weight is 436 g/mol. The molecule has 30 heavy (non-hydrogen) atoms. The highest BCUT2D eigenvalue weighted by Gasteiger charge is 2.13. The fraction of sp³-hybridized carbons (Fsp3) is 0.364. The lowest BCUT2D eigenvalue weighted by molar-refractivity contribution is -0.147. The minimum Gasteiger partial charge on any atom is -0.495 e. The summed E-state index contributed by atoms with van der Waals surface area (Å²) in [5.74, 6) is 0.762. The van der Waals surface area contributed by atoms with Gasteiger partial charge in [0.2, 0.25) is 0 Å². The van der Waals surface area contributed by atoms with E-state index in [1.807, 2.05) is 32.0 Å². The normalized spacial score (nSPS) is 10.3. The van der Waals surface area contributed by atoms with Gasteiger partial charge >= 0.3 is 5.97 Å². The first-order chi connectivity index (χ1) is 14.4. The van der Waals surface area contributed by atoms with Crippen LogP contribution in [0.15, 0.2) is 36.4 Å². The average Bonchev–Trinajstić information content (AvgIpc) is 2.73. The van der Waals surface area contributed by atoms with Crippen LogP contribution in [0.25, 0.3) is 0 Å². The quantitative estimate of drug-likeness (QED) is 0.416. The number of nitrogens with one attached hydrogen (secondary N) is 1. The SMILES string of the molecule is CCOc1ccccc1OCCCC(=O)OCC(=O)Nc1cc(C)c(Cl)cc1OC. The molecule has 0 aliphatic carbocycles. The summed E-state index contributed by atoms with van der Waals surface area (Å²) in [4.78, 5) is 24.0. The molecule has 0 saturated carbocycles. The Balaban J connectivity index is 1.72. The van der Waals surface area contributed by atoms with Gasteiger partial charge in [0.05, 0.1) is 26.0 Å². The molecule has 0 aliphatic heterocycles. The Morgan fingerprint density at radius 2 is 1.77 bits per heavy atom. The fourth-order valence-corrected chi connectivity index (χ4v) is 2.73. The smallest absolute Gasteiger partial charge is 0.306 e. The molecular weight excluding hydrogens is 410 g/mol. The topological polar surface area (TPSA) is 83.1 Å². The van der Waals surface area contributed by atoms with Crippen LogP contribution in [0.5, 0.6) is 17.2 Å². The van der Waals surface area contributed by atoms with E-state index in [4.69, 9.17) is 30.5 Å². The van der Waals surface area contributed by atoms with Crippen molar-refractivity contribution in [3.8, 4) is 17.2 Å². The molecule has 162 valence electrons. The van der Waals surface area contributed by atoms with Gasteiger partial charge in [-0.1, -0.05) is 23.7 Å². The fourth-order valence-electron chi connectivity index (χ4n) is 2.58. The van der Waals surface area contributed by atoms with E-state index in [1.54, 1.807) is 18.2 Å². The Kier molecular flexibility index (Phi) is 9.28. The first-order valence-electron chi connectivity index (χ1n) is 9.58. The molecule has 0 aromatic heterocycles. The van der Waals surface area contributed by atoms with Crippen LogP contribution >= 0.6 is 11.6 Å². The number of halogens is 1. The van der Waals surface area contributed by atoms with Crippen LogP contribution in [0.4, 0.5) is 5.69 Å². The number of carbonyl (C=O) groups is 2. The number of anilines is 1. The molecule has 0 bridgehead atoms. The van der Waals surface area contributed by atoms with Gasteiger partial charge in [-0.15, -0.1) is 0 Å². The predicted octanol–water partition coefficient (Wildman–Crippen LogP) is 4.40. The molecule has 0 radical (unpaired) electrons. The highest BCUT2D eigenvalue weighted by molar-refractivity contribution is 6.31. The first kappa shape index (κ1) is 23.3. The van der Waals surface area contributed by atoms with Gasteiger partial charge in [-0.2, -0.15) is 0 Å². The lowest BCUT2D eigenvalue weighted by Gasteiger charge is -2.13. The second-order valence-electron chi connectivity index (χ2n) is 6.34. The highest BCUT2D eigenvalue weighted by Crippen LogP contribution is 2.31. The predicted molar refractivity (Wildman–Crippen MR) is 115 cm³/mol. The van der Waals surface area contributed by atoms with Crippen LogP contribution < -0.4 is 19.5 Å². The molecule has 0 spiro atoms. The van der Waals surface area contributed by atoms with Gasteiger partial charge < -0.3 is 24.3 Å². The molecule has 0 unspecified atom stereocenters. The third-order valence-corrected chi connectivity index (χ3v) is 4.46. The zero-order chi connectivity index (χ0) is 21.9. The van der Waals surface area contributed by atoms with Crippen LogP contribution in [-0.4, -0.2) is 38.8 Å².